The maximum absolute atomic E-state index is 2.60. The van der Waals surface area contributed by atoms with Crippen LogP contribution in [0.25, 0.3) is 0 Å². The number of hydrogen-bond donors (Lipinski definition) is 0. The van der Waals surface area contributed by atoms with Gasteiger partial charge < -0.3 is 0 Å². The van der Waals surface area contributed by atoms with Crippen LogP contribution < -0.4 is 0 Å². The Balaban J connectivity index is 1.99. The molecule has 0 radical (unpaired) electrons. The Hall–Kier alpha value is -0.820. The molecule has 16 heavy (non-hydrogen) atoms. The molecule has 1 saturated heterocycles. The van der Waals surface area contributed by atoms with Gasteiger partial charge in [0.05, 0.1) is 0 Å². The van der Waals surface area contributed by atoms with Crippen LogP contribution in [0.3, 0.4) is 0 Å². The van der Waals surface area contributed by atoms with Gasteiger partial charge in [-0.25, -0.2) is 0 Å². The molecule has 1 aromatic rings. The molecule has 1 heterocycles. The molecular formula is C15H23N. The van der Waals surface area contributed by atoms with Gasteiger partial charge in [-0.1, -0.05) is 57.5 Å². The molecule has 0 bridgehead atoms. The zero-order valence-corrected chi connectivity index (χ0v) is 10.7. The van der Waals surface area contributed by atoms with Gasteiger partial charge in [0.1, 0.15) is 0 Å². The third-order valence-electron chi connectivity index (χ3n) is 3.96. The number of likely N-dealkylation sites (tertiary alicyclic amines) is 1. The lowest BCUT2D eigenvalue weighted by molar-refractivity contribution is 0.265. The topological polar surface area (TPSA) is 3.24 Å². The van der Waals surface area contributed by atoms with Gasteiger partial charge in [-0.05, 0) is 16.9 Å². The molecular weight excluding hydrogens is 194 g/mol. The highest BCUT2D eigenvalue weighted by atomic mass is 15.2. The van der Waals surface area contributed by atoms with Crippen molar-refractivity contribution in [2.45, 2.75) is 33.7 Å². The van der Waals surface area contributed by atoms with E-state index in [1.807, 2.05) is 0 Å². The summed E-state index contributed by atoms with van der Waals surface area (Å²) in [5.41, 5.74) is 1.93. The molecule has 2 rings (SSSR count). The minimum atomic E-state index is 0.490. The smallest absolute Gasteiger partial charge is 0.0234 e. The summed E-state index contributed by atoms with van der Waals surface area (Å²) in [7, 11) is 0. The summed E-state index contributed by atoms with van der Waals surface area (Å²) in [4.78, 5) is 2.60. The Bertz CT molecular complexity index is 329. The van der Waals surface area contributed by atoms with E-state index >= 15 is 0 Å². The van der Waals surface area contributed by atoms with Crippen molar-refractivity contribution in [3.05, 3.63) is 35.9 Å². The number of benzene rings is 1. The minimum absolute atomic E-state index is 0.490. The zero-order valence-electron chi connectivity index (χ0n) is 10.7. The summed E-state index contributed by atoms with van der Waals surface area (Å²) in [6, 6.07) is 10.8. The normalized spacial score (nSPS) is 24.8. The maximum Gasteiger partial charge on any atom is 0.0234 e. The van der Waals surface area contributed by atoms with Crippen molar-refractivity contribution in [3.63, 3.8) is 0 Å². The Kier molecular flexibility index (Phi) is 3.34. The van der Waals surface area contributed by atoms with Gasteiger partial charge in [0.25, 0.3) is 0 Å². The molecule has 0 unspecified atom stereocenters. The standard InChI is InChI=1S/C15H23N/c1-4-14-11-16(12-15(14,2)3)10-13-8-6-5-7-9-13/h5-9,14H,4,10-12H2,1-3H3/t14-/m1/s1. The molecule has 1 aliphatic rings. The van der Waals surface area contributed by atoms with Crippen LogP contribution in [0.1, 0.15) is 32.8 Å². The van der Waals surface area contributed by atoms with Gasteiger partial charge in [0.15, 0.2) is 0 Å². The predicted molar refractivity (Wildman–Crippen MR) is 69.3 cm³/mol. The second-order valence-corrected chi connectivity index (χ2v) is 5.75. The molecule has 1 atom stereocenters. The fourth-order valence-electron chi connectivity index (χ4n) is 2.97. The maximum atomic E-state index is 2.60. The third kappa shape index (κ3) is 2.46. The average Bonchev–Trinajstić information content (AvgIpc) is 2.54. The first kappa shape index (κ1) is 11.7. The molecule has 0 spiro atoms. The largest absolute Gasteiger partial charge is 0.298 e. The minimum Gasteiger partial charge on any atom is -0.298 e. The van der Waals surface area contributed by atoms with Crippen molar-refractivity contribution >= 4 is 0 Å². The highest BCUT2D eigenvalue weighted by molar-refractivity contribution is 5.14. The van der Waals surface area contributed by atoms with Crippen LogP contribution in [-0.4, -0.2) is 18.0 Å². The van der Waals surface area contributed by atoms with Crippen LogP contribution in [0.15, 0.2) is 30.3 Å². The lowest BCUT2D eigenvalue weighted by Gasteiger charge is -2.24. The van der Waals surface area contributed by atoms with E-state index in [4.69, 9.17) is 0 Å². The van der Waals surface area contributed by atoms with E-state index < -0.39 is 0 Å². The van der Waals surface area contributed by atoms with Crippen LogP contribution in [0, 0.1) is 11.3 Å². The van der Waals surface area contributed by atoms with E-state index in [-0.39, 0.29) is 0 Å². The molecule has 1 nitrogen and oxygen atoms in total. The molecule has 1 heteroatoms. The van der Waals surface area contributed by atoms with Gasteiger partial charge in [0, 0.05) is 19.6 Å². The second kappa shape index (κ2) is 4.58. The fourth-order valence-corrected chi connectivity index (χ4v) is 2.97. The predicted octanol–water partition coefficient (Wildman–Crippen LogP) is 3.55. The van der Waals surface area contributed by atoms with E-state index in [0.29, 0.717) is 5.41 Å². The Labute approximate surface area is 99.5 Å². The molecule has 0 saturated carbocycles. The Morgan fingerprint density at radius 2 is 1.94 bits per heavy atom. The second-order valence-electron chi connectivity index (χ2n) is 5.75. The SMILES string of the molecule is CC[C@@H]1CN(Cc2ccccc2)CC1(C)C. The van der Waals surface area contributed by atoms with Gasteiger partial charge in [-0.2, -0.15) is 0 Å². The van der Waals surface area contributed by atoms with Crippen molar-refractivity contribution in [3.8, 4) is 0 Å². The van der Waals surface area contributed by atoms with Gasteiger partial charge >= 0.3 is 0 Å². The number of hydrogen-bond acceptors (Lipinski definition) is 1. The van der Waals surface area contributed by atoms with Crippen LogP contribution >= 0.6 is 0 Å². The lowest BCUT2D eigenvalue weighted by atomic mass is 9.81. The van der Waals surface area contributed by atoms with E-state index in [2.05, 4.69) is 56.0 Å². The van der Waals surface area contributed by atoms with Crippen LogP contribution in [0.2, 0.25) is 0 Å². The third-order valence-corrected chi connectivity index (χ3v) is 3.96. The summed E-state index contributed by atoms with van der Waals surface area (Å²) in [5, 5.41) is 0. The van der Waals surface area contributed by atoms with Crippen molar-refractivity contribution in [2.75, 3.05) is 13.1 Å². The molecule has 0 aromatic heterocycles. The Morgan fingerprint density at radius 1 is 1.25 bits per heavy atom. The van der Waals surface area contributed by atoms with Crippen LogP contribution in [-0.2, 0) is 6.54 Å². The molecule has 0 amide bonds. The summed E-state index contributed by atoms with van der Waals surface area (Å²) in [6.45, 7) is 10.7. The Morgan fingerprint density at radius 3 is 2.50 bits per heavy atom. The van der Waals surface area contributed by atoms with Crippen molar-refractivity contribution in [2.24, 2.45) is 11.3 Å². The van der Waals surface area contributed by atoms with E-state index in [9.17, 15) is 0 Å². The summed E-state index contributed by atoms with van der Waals surface area (Å²) in [6.07, 6.45) is 1.30. The highest BCUT2D eigenvalue weighted by Crippen LogP contribution is 2.37. The molecule has 1 fully saturated rings. The van der Waals surface area contributed by atoms with E-state index in [1.54, 1.807) is 0 Å². The molecule has 0 aliphatic carbocycles. The molecule has 1 aliphatic heterocycles. The first-order valence-electron chi connectivity index (χ1n) is 6.38. The monoisotopic (exact) mass is 217 g/mol. The first-order valence-corrected chi connectivity index (χ1v) is 6.38. The summed E-state index contributed by atoms with van der Waals surface area (Å²) < 4.78 is 0. The van der Waals surface area contributed by atoms with Gasteiger partial charge in [-0.3, -0.25) is 4.90 Å². The highest BCUT2D eigenvalue weighted by Gasteiger charge is 2.37. The van der Waals surface area contributed by atoms with E-state index in [1.165, 1.54) is 25.1 Å². The lowest BCUT2D eigenvalue weighted by Crippen LogP contribution is -2.23. The van der Waals surface area contributed by atoms with Crippen molar-refractivity contribution < 1.29 is 0 Å². The fraction of sp³-hybridized carbons (Fsp3) is 0.600. The van der Waals surface area contributed by atoms with Crippen LogP contribution in [0.4, 0.5) is 0 Å². The van der Waals surface area contributed by atoms with Gasteiger partial charge in [0.2, 0.25) is 0 Å². The van der Waals surface area contributed by atoms with Crippen molar-refractivity contribution in [1.82, 2.24) is 4.90 Å². The quantitative estimate of drug-likeness (QED) is 0.748. The van der Waals surface area contributed by atoms with Crippen molar-refractivity contribution in [1.29, 1.82) is 0 Å². The zero-order chi connectivity index (χ0) is 11.6. The number of nitrogens with zero attached hydrogens (tertiary/aromatic N) is 1. The summed E-state index contributed by atoms with van der Waals surface area (Å²) in [5.74, 6) is 0.858. The average molecular weight is 217 g/mol. The molecule has 1 aromatic carbocycles. The van der Waals surface area contributed by atoms with E-state index in [0.717, 1.165) is 12.5 Å². The summed E-state index contributed by atoms with van der Waals surface area (Å²) >= 11 is 0. The molecule has 88 valence electrons. The van der Waals surface area contributed by atoms with Gasteiger partial charge in [-0.15, -0.1) is 0 Å². The number of rotatable bonds is 3. The first-order chi connectivity index (χ1) is 7.62. The molecule has 0 N–H and O–H groups in total. The van der Waals surface area contributed by atoms with Crippen LogP contribution in [0.5, 0.6) is 0 Å².